The summed E-state index contributed by atoms with van der Waals surface area (Å²) >= 11 is 0. The first-order valence-electron chi connectivity index (χ1n) is 5.84. The highest BCUT2D eigenvalue weighted by atomic mass is 14.9. The molecule has 0 atom stereocenters. The van der Waals surface area contributed by atoms with Gasteiger partial charge >= 0.3 is 0 Å². The van der Waals surface area contributed by atoms with Gasteiger partial charge in [-0.05, 0) is 29.7 Å². The molecule has 2 aromatic rings. The van der Waals surface area contributed by atoms with Gasteiger partial charge < -0.3 is 11.1 Å². The lowest BCUT2D eigenvalue weighted by atomic mass is 9.97. The standard InChI is InChI=1S/C14H19N3/c1-14(2,3)9-17-12-7-6-11-10(13(12)15)5-4-8-16-11/h4-8,17H,9,15H2,1-3H3. The van der Waals surface area contributed by atoms with E-state index in [4.69, 9.17) is 5.73 Å². The average Bonchev–Trinajstić information content (AvgIpc) is 2.27. The number of anilines is 2. The average molecular weight is 229 g/mol. The molecule has 0 fully saturated rings. The van der Waals surface area contributed by atoms with Crippen molar-refractivity contribution in [2.24, 2.45) is 5.41 Å². The molecule has 0 spiro atoms. The summed E-state index contributed by atoms with van der Waals surface area (Å²) in [5.41, 5.74) is 9.08. The number of fused-ring (bicyclic) bond motifs is 1. The summed E-state index contributed by atoms with van der Waals surface area (Å²) in [6, 6.07) is 7.90. The Bertz CT molecular complexity index is 526. The maximum Gasteiger partial charge on any atom is 0.0724 e. The Morgan fingerprint density at radius 3 is 2.71 bits per heavy atom. The zero-order valence-corrected chi connectivity index (χ0v) is 10.6. The van der Waals surface area contributed by atoms with Crippen LogP contribution in [-0.2, 0) is 0 Å². The number of nitrogens with one attached hydrogen (secondary N) is 1. The maximum atomic E-state index is 6.15. The second-order valence-corrected chi connectivity index (χ2v) is 5.51. The Morgan fingerprint density at radius 2 is 2.00 bits per heavy atom. The van der Waals surface area contributed by atoms with Gasteiger partial charge in [-0.3, -0.25) is 4.98 Å². The number of rotatable bonds is 2. The number of nitrogens with two attached hydrogens (primary N) is 1. The Kier molecular flexibility index (Phi) is 2.92. The third-order valence-electron chi connectivity index (χ3n) is 2.64. The normalized spacial score (nSPS) is 11.7. The molecule has 0 aliphatic rings. The summed E-state index contributed by atoms with van der Waals surface area (Å²) in [5.74, 6) is 0. The van der Waals surface area contributed by atoms with Gasteiger partial charge in [-0.15, -0.1) is 0 Å². The largest absolute Gasteiger partial charge is 0.397 e. The Labute approximate surface area is 102 Å². The van der Waals surface area contributed by atoms with E-state index in [0.717, 1.165) is 28.8 Å². The van der Waals surface area contributed by atoms with Crippen LogP contribution in [0.2, 0.25) is 0 Å². The molecule has 0 bridgehead atoms. The van der Waals surface area contributed by atoms with Gasteiger partial charge in [0.25, 0.3) is 0 Å². The molecule has 1 aromatic carbocycles. The number of aromatic nitrogens is 1. The molecule has 0 unspecified atom stereocenters. The number of nitrogens with zero attached hydrogens (tertiary/aromatic N) is 1. The number of hydrogen-bond acceptors (Lipinski definition) is 3. The van der Waals surface area contributed by atoms with Crippen LogP contribution in [0.5, 0.6) is 0 Å². The molecule has 3 heteroatoms. The monoisotopic (exact) mass is 229 g/mol. The van der Waals surface area contributed by atoms with E-state index in [1.807, 2.05) is 24.3 Å². The molecule has 0 radical (unpaired) electrons. The summed E-state index contributed by atoms with van der Waals surface area (Å²) in [7, 11) is 0. The molecule has 2 rings (SSSR count). The fraction of sp³-hybridized carbons (Fsp3) is 0.357. The molecule has 0 amide bonds. The zero-order valence-electron chi connectivity index (χ0n) is 10.6. The summed E-state index contributed by atoms with van der Waals surface area (Å²) in [4.78, 5) is 4.28. The van der Waals surface area contributed by atoms with Gasteiger partial charge in [-0.1, -0.05) is 20.8 Å². The van der Waals surface area contributed by atoms with E-state index in [9.17, 15) is 0 Å². The summed E-state index contributed by atoms with van der Waals surface area (Å²) in [5, 5.41) is 4.40. The first-order valence-corrected chi connectivity index (χ1v) is 5.84. The molecule has 0 aliphatic heterocycles. The third kappa shape index (κ3) is 2.67. The molecule has 1 heterocycles. The van der Waals surface area contributed by atoms with Gasteiger partial charge in [0.05, 0.1) is 16.9 Å². The molecule has 1 aromatic heterocycles. The Morgan fingerprint density at radius 1 is 1.24 bits per heavy atom. The van der Waals surface area contributed by atoms with Crippen molar-refractivity contribution in [2.75, 3.05) is 17.6 Å². The van der Waals surface area contributed by atoms with Crippen LogP contribution >= 0.6 is 0 Å². The van der Waals surface area contributed by atoms with Crippen molar-refractivity contribution < 1.29 is 0 Å². The SMILES string of the molecule is CC(C)(C)CNc1ccc2ncccc2c1N. The topological polar surface area (TPSA) is 50.9 Å². The second kappa shape index (κ2) is 4.24. The van der Waals surface area contributed by atoms with Crippen LogP contribution in [0.1, 0.15) is 20.8 Å². The summed E-state index contributed by atoms with van der Waals surface area (Å²) in [6.07, 6.45) is 1.78. The fourth-order valence-electron chi connectivity index (χ4n) is 1.69. The minimum atomic E-state index is 0.232. The van der Waals surface area contributed by atoms with Gasteiger partial charge in [0, 0.05) is 18.1 Å². The van der Waals surface area contributed by atoms with Gasteiger partial charge in [-0.2, -0.15) is 0 Å². The first kappa shape index (κ1) is 11.7. The second-order valence-electron chi connectivity index (χ2n) is 5.51. The minimum absolute atomic E-state index is 0.232. The van der Waals surface area contributed by atoms with Gasteiger partial charge in [0.15, 0.2) is 0 Å². The van der Waals surface area contributed by atoms with Gasteiger partial charge in [-0.25, -0.2) is 0 Å². The van der Waals surface area contributed by atoms with Crippen LogP contribution in [0, 0.1) is 5.41 Å². The molecule has 3 nitrogen and oxygen atoms in total. The maximum absolute atomic E-state index is 6.15. The van der Waals surface area contributed by atoms with E-state index in [0.29, 0.717) is 0 Å². The van der Waals surface area contributed by atoms with E-state index < -0.39 is 0 Å². The lowest BCUT2D eigenvalue weighted by Gasteiger charge is -2.20. The van der Waals surface area contributed by atoms with E-state index >= 15 is 0 Å². The Balaban J connectivity index is 2.33. The predicted molar refractivity (Wildman–Crippen MR) is 74.1 cm³/mol. The number of pyridine rings is 1. The highest BCUT2D eigenvalue weighted by Crippen LogP contribution is 2.28. The molecule has 0 saturated carbocycles. The van der Waals surface area contributed by atoms with Crippen molar-refractivity contribution in [1.29, 1.82) is 0 Å². The molecular formula is C14H19N3. The number of benzene rings is 1. The van der Waals surface area contributed by atoms with Crippen molar-refractivity contribution >= 4 is 22.3 Å². The number of nitrogen functional groups attached to an aromatic ring is 1. The van der Waals surface area contributed by atoms with E-state index in [2.05, 4.69) is 31.1 Å². The molecule has 0 saturated heterocycles. The van der Waals surface area contributed by atoms with Crippen molar-refractivity contribution in [2.45, 2.75) is 20.8 Å². The Hall–Kier alpha value is -1.77. The van der Waals surface area contributed by atoms with Crippen molar-refractivity contribution in [1.82, 2.24) is 4.98 Å². The van der Waals surface area contributed by atoms with E-state index in [1.165, 1.54) is 0 Å². The van der Waals surface area contributed by atoms with Crippen LogP contribution in [0.15, 0.2) is 30.5 Å². The van der Waals surface area contributed by atoms with Crippen LogP contribution in [0.25, 0.3) is 10.9 Å². The smallest absolute Gasteiger partial charge is 0.0724 e. The van der Waals surface area contributed by atoms with E-state index in [1.54, 1.807) is 6.20 Å². The quantitative estimate of drug-likeness (QED) is 0.777. The molecule has 0 aliphatic carbocycles. The van der Waals surface area contributed by atoms with Crippen LogP contribution in [-0.4, -0.2) is 11.5 Å². The van der Waals surface area contributed by atoms with E-state index in [-0.39, 0.29) is 5.41 Å². The van der Waals surface area contributed by atoms with Crippen LogP contribution in [0.4, 0.5) is 11.4 Å². The van der Waals surface area contributed by atoms with Crippen molar-refractivity contribution in [3.8, 4) is 0 Å². The third-order valence-corrected chi connectivity index (χ3v) is 2.64. The van der Waals surface area contributed by atoms with Crippen LogP contribution < -0.4 is 11.1 Å². The minimum Gasteiger partial charge on any atom is -0.397 e. The first-order chi connectivity index (χ1) is 7.97. The van der Waals surface area contributed by atoms with Crippen molar-refractivity contribution in [3.05, 3.63) is 30.5 Å². The summed E-state index contributed by atoms with van der Waals surface area (Å²) < 4.78 is 0. The summed E-state index contributed by atoms with van der Waals surface area (Å²) in [6.45, 7) is 7.47. The highest BCUT2D eigenvalue weighted by molar-refractivity contribution is 5.96. The van der Waals surface area contributed by atoms with Crippen molar-refractivity contribution in [3.63, 3.8) is 0 Å². The lowest BCUT2D eigenvalue weighted by Crippen LogP contribution is -2.19. The van der Waals surface area contributed by atoms with Gasteiger partial charge in [0.2, 0.25) is 0 Å². The highest BCUT2D eigenvalue weighted by Gasteiger charge is 2.11. The zero-order chi connectivity index (χ0) is 12.5. The predicted octanol–water partition coefficient (Wildman–Crippen LogP) is 3.28. The molecular weight excluding hydrogens is 210 g/mol. The lowest BCUT2D eigenvalue weighted by molar-refractivity contribution is 0.443. The van der Waals surface area contributed by atoms with Gasteiger partial charge in [0.1, 0.15) is 0 Å². The number of hydrogen-bond donors (Lipinski definition) is 2. The van der Waals surface area contributed by atoms with Crippen LogP contribution in [0.3, 0.4) is 0 Å². The molecule has 3 N–H and O–H groups in total. The molecule has 90 valence electrons. The molecule has 17 heavy (non-hydrogen) atoms. The fourth-order valence-corrected chi connectivity index (χ4v) is 1.69.